The Labute approximate surface area is 120 Å². The van der Waals surface area contributed by atoms with Gasteiger partial charge in [0.05, 0.1) is 16.2 Å². The first-order valence-corrected chi connectivity index (χ1v) is 6.77. The number of hydrogen-bond acceptors (Lipinski definition) is 3. The van der Waals surface area contributed by atoms with Gasteiger partial charge in [-0.1, -0.05) is 48.3 Å². The van der Waals surface area contributed by atoms with Crippen LogP contribution in [0.3, 0.4) is 0 Å². The fraction of sp³-hybridized carbons (Fsp3) is 0.308. The molecule has 0 aliphatic carbocycles. The third-order valence-electron chi connectivity index (χ3n) is 2.78. The third kappa shape index (κ3) is 2.32. The van der Waals surface area contributed by atoms with Crippen LogP contribution in [0.1, 0.15) is 26.5 Å². The zero-order valence-electron chi connectivity index (χ0n) is 10.5. The number of nitrogens with zero attached hydrogens (tertiary/aromatic N) is 1. The van der Waals surface area contributed by atoms with Crippen molar-refractivity contribution in [2.45, 2.75) is 26.2 Å². The molecule has 0 fully saturated rings. The number of pyridine rings is 1. The Bertz CT molecular complexity index is 605. The second-order valence-electron chi connectivity index (χ2n) is 5.20. The van der Waals surface area contributed by atoms with Crippen molar-refractivity contribution >= 4 is 44.1 Å². The van der Waals surface area contributed by atoms with E-state index in [9.17, 15) is 0 Å². The molecule has 1 heterocycles. The Kier molecular flexibility index (Phi) is 3.54. The molecule has 3 nitrogen and oxygen atoms in total. The van der Waals surface area contributed by atoms with Crippen molar-refractivity contribution in [3.63, 3.8) is 0 Å². The van der Waals surface area contributed by atoms with Crippen LogP contribution in [-0.4, -0.2) is 4.98 Å². The van der Waals surface area contributed by atoms with Gasteiger partial charge >= 0.3 is 0 Å². The average molecular weight is 329 g/mol. The summed E-state index contributed by atoms with van der Waals surface area (Å²) in [6.07, 6.45) is 0. The number of hydrogen-bond donors (Lipinski definition) is 2. The lowest BCUT2D eigenvalue weighted by Gasteiger charge is -2.20. The second kappa shape index (κ2) is 4.68. The Hall–Kier alpha value is -0.840. The number of fused-ring (bicyclic) bond motifs is 1. The topological polar surface area (TPSA) is 50.9 Å². The maximum atomic E-state index is 6.23. The normalized spacial score (nSPS) is 11.9. The summed E-state index contributed by atoms with van der Waals surface area (Å²) in [5.74, 6) is 5.61. The van der Waals surface area contributed by atoms with Gasteiger partial charge in [0.1, 0.15) is 0 Å². The molecule has 5 heteroatoms. The summed E-state index contributed by atoms with van der Waals surface area (Å²) >= 11 is 9.73. The van der Waals surface area contributed by atoms with Crippen molar-refractivity contribution in [1.82, 2.24) is 4.98 Å². The van der Waals surface area contributed by atoms with Crippen LogP contribution in [0.15, 0.2) is 22.7 Å². The van der Waals surface area contributed by atoms with Gasteiger partial charge in [-0.3, -0.25) is 10.8 Å². The minimum atomic E-state index is -0.0641. The number of nitrogen functional groups attached to an aromatic ring is 1. The van der Waals surface area contributed by atoms with E-state index in [1.807, 2.05) is 18.2 Å². The van der Waals surface area contributed by atoms with Crippen molar-refractivity contribution in [3.05, 3.63) is 33.4 Å². The molecule has 0 spiro atoms. The molecule has 0 aliphatic rings. The highest BCUT2D eigenvalue weighted by Crippen LogP contribution is 2.36. The molecule has 0 atom stereocenters. The predicted octanol–water partition coefficient (Wildman–Crippen LogP) is 4.23. The van der Waals surface area contributed by atoms with Crippen LogP contribution in [-0.2, 0) is 5.41 Å². The largest absolute Gasteiger partial charge is 0.323 e. The van der Waals surface area contributed by atoms with E-state index < -0.39 is 0 Å². The molecule has 0 radical (unpaired) electrons. The quantitative estimate of drug-likeness (QED) is 0.608. The van der Waals surface area contributed by atoms with Gasteiger partial charge in [0, 0.05) is 21.0 Å². The van der Waals surface area contributed by atoms with Crippen molar-refractivity contribution < 1.29 is 0 Å². The summed E-state index contributed by atoms with van der Waals surface area (Å²) in [5.41, 5.74) is 5.18. The summed E-state index contributed by atoms with van der Waals surface area (Å²) in [6.45, 7) is 6.31. The average Bonchev–Trinajstić information content (AvgIpc) is 2.31. The first-order valence-electron chi connectivity index (χ1n) is 5.60. The van der Waals surface area contributed by atoms with Crippen LogP contribution < -0.4 is 11.3 Å². The molecule has 0 amide bonds. The van der Waals surface area contributed by atoms with Gasteiger partial charge in [-0.25, -0.2) is 0 Å². The van der Waals surface area contributed by atoms with Crippen LogP contribution in [0, 0.1) is 0 Å². The number of nitrogens with two attached hydrogens (primary N) is 1. The minimum Gasteiger partial charge on any atom is -0.323 e. The molecular formula is C13H15BrClN3. The van der Waals surface area contributed by atoms with Crippen LogP contribution in [0.25, 0.3) is 10.9 Å². The van der Waals surface area contributed by atoms with Gasteiger partial charge in [-0.15, -0.1) is 0 Å². The molecule has 0 unspecified atom stereocenters. The summed E-state index contributed by atoms with van der Waals surface area (Å²) in [5, 5.41) is 1.52. The van der Waals surface area contributed by atoms with Gasteiger partial charge in [0.15, 0.2) is 0 Å². The smallest absolute Gasteiger partial charge is 0.0924 e. The third-order valence-corrected chi connectivity index (χ3v) is 3.75. The molecule has 2 rings (SSSR count). The lowest BCUT2D eigenvalue weighted by molar-refractivity contribution is 0.572. The lowest BCUT2D eigenvalue weighted by atomic mass is 9.91. The number of rotatable bonds is 1. The number of hydrazine groups is 1. The maximum absolute atomic E-state index is 6.23. The highest BCUT2D eigenvalue weighted by Gasteiger charge is 2.19. The number of anilines is 1. The van der Waals surface area contributed by atoms with Gasteiger partial charge in [-0.05, 0) is 18.2 Å². The summed E-state index contributed by atoms with van der Waals surface area (Å²) < 4.78 is 0.919. The first-order chi connectivity index (χ1) is 8.34. The van der Waals surface area contributed by atoms with Crippen LogP contribution in [0.5, 0.6) is 0 Å². The molecule has 2 aromatic rings. The van der Waals surface area contributed by atoms with E-state index in [0.29, 0.717) is 5.02 Å². The highest BCUT2D eigenvalue weighted by atomic mass is 79.9. The minimum absolute atomic E-state index is 0.0641. The molecule has 3 N–H and O–H groups in total. The number of nitrogens with one attached hydrogen (secondary N) is 1. The molecule has 1 aromatic heterocycles. The van der Waals surface area contributed by atoms with Crippen LogP contribution >= 0.6 is 27.5 Å². The van der Waals surface area contributed by atoms with E-state index in [4.69, 9.17) is 17.4 Å². The Balaban J connectivity index is 2.88. The van der Waals surface area contributed by atoms with E-state index in [0.717, 1.165) is 26.8 Å². The van der Waals surface area contributed by atoms with Gasteiger partial charge < -0.3 is 5.43 Å². The Morgan fingerprint density at radius 1 is 1.33 bits per heavy atom. The maximum Gasteiger partial charge on any atom is 0.0924 e. The number of halogens is 2. The van der Waals surface area contributed by atoms with Crippen molar-refractivity contribution in [2.75, 3.05) is 5.43 Å². The van der Waals surface area contributed by atoms with Gasteiger partial charge in [0.2, 0.25) is 0 Å². The Morgan fingerprint density at radius 2 is 2.00 bits per heavy atom. The van der Waals surface area contributed by atoms with Crippen molar-refractivity contribution in [1.29, 1.82) is 0 Å². The van der Waals surface area contributed by atoms with Crippen LogP contribution in [0.2, 0.25) is 5.02 Å². The SMILES string of the molecule is CC(C)(C)c1cc(NN)c2c(Br)ccc(Cl)c2n1. The monoisotopic (exact) mass is 327 g/mol. The van der Waals surface area contributed by atoms with E-state index in [-0.39, 0.29) is 5.41 Å². The van der Waals surface area contributed by atoms with Gasteiger partial charge in [-0.2, -0.15) is 0 Å². The summed E-state index contributed by atoms with van der Waals surface area (Å²) in [4.78, 5) is 4.66. The molecular weight excluding hydrogens is 314 g/mol. The standard InChI is InChI=1S/C13H15BrClN3/c1-13(2,3)10-6-9(18-16)11-7(14)4-5-8(15)12(11)17-10/h4-6H,16H2,1-3H3,(H,17,18). The molecule has 18 heavy (non-hydrogen) atoms. The van der Waals surface area contributed by atoms with E-state index in [1.165, 1.54) is 0 Å². The van der Waals surface area contributed by atoms with Gasteiger partial charge in [0.25, 0.3) is 0 Å². The predicted molar refractivity (Wildman–Crippen MR) is 81.0 cm³/mol. The van der Waals surface area contributed by atoms with E-state index >= 15 is 0 Å². The number of aromatic nitrogens is 1. The summed E-state index contributed by atoms with van der Waals surface area (Å²) in [7, 11) is 0. The molecule has 0 aliphatic heterocycles. The molecule has 0 bridgehead atoms. The lowest BCUT2D eigenvalue weighted by Crippen LogP contribution is -2.16. The first kappa shape index (κ1) is 13.6. The molecule has 0 saturated heterocycles. The molecule has 96 valence electrons. The molecule has 1 aromatic carbocycles. The molecule has 0 saturated carbocycles. The second-order valence-corrected chi connectivity index (χ2v) is 6.46. The summed E-state index contributed by atoms with van der Waals surface area (Å²) in [6, 6.07) is 5.68. The fourth-order valence-corrected chi connectivity index (χ4v) is 2.50. The zero-order valence-corrected chi connectivity index (χ0v) is 12.9. The Morgan fingerprint density at radius 3 is 2.56 bits per heavy atom. The number of benzene rings is 1. The van der Waals surface area contributed by atoms with Crippen LogP contribution in [0.4, 0.5) is 5.69 Å². The van der Waals surface area contributed by atoms with Crippen molar-refractivity contribution in [3.8, 4) is 0 Å². The van der Waals surface area contributed by atoms with E-state index in [2.05, 4.69) is 47.1 Å². The van der Waals surface area contributed by atoms with E-state index in [1.54, 1.807) is 0 Å². The highest BCUT2D eigenvalue weighted by molar-refractivity contribution is 9.10. The fourth-order valence-electron chi connectivity index (χ4n) is 1.77. The zero-order chi connectivity index (χ0) is 13.5. The van der Waals surface area contributed by atoms with Crippen molar-refractivity contribution in [2.24, 2.45) is 5.84 Å².